The van der Waals surface area contributed by atoms with E-state index in [1.165, 1.54) is 0 Å². The summed E-state index contributed by atoms with van der Waals surface area (Å²) in [6, 6.07) is -1.69. The van der Waals surface area contributed by atoms with Gasteiger partial charge in [0.25, 0.3) is 0 Å². The second kappa shape index (κ2) is 7.27. The molecule has 13 heteroatoms. The molecule has 0 saturated carbocycles. The molecular formula is C18H26F6N4O2S. The van der Waals surface area contributed by atoms with Crippen LogP contribution in [0.1, 0.15) is 38.8 Å². The third kappa shape index (κ3) is 6.26. The molecule has 0 radical (unpaired) electrons. The second-order valence-electron chi connectivity index (χ2n) is 8.82. The van der Waals surface area contributed by atoms with E-state index in [9.17, 15) is 33.4 Å². The number of rotatable bonds is 5. The van der Waals surface area contributed by atoms with Crippen LogP contribution in [0.5, 0.6) is 0 Å². The number of benzene rings is 1. The van der Waals surface area contributed by atoms with Gasteiger partial charge in [-0.15, -0.1) is 0 Å². The van der Waals surface area contributed by atoms with E-state index in [0.717, 1.165) is 0 Å². The first-order valence-electron chi connectivity index (χ1n) is 9.25. The zero-order chi connectivity index (χ0) is 24.1. The summed E-state index contributed by atoms with van der Waals surface area (Å²) in [4.78, 5) is 24.0. The number of hydrogen-bond acceptors (Lipinski definition) is 4. The molecule has 1 heterocycles. The maximum absolute atomic E-state index is 14.6. The topological polar surface area (TPSA) is 73.5 Å². The largest absolute Gasteiger partial charge is 0.347 e. The lowest BCUT2D eigenvalue weighted by molar-refractivity contribution is -0.134. The van der Waals surface area contributed by atoms with E-state index in [1.54, 1.807) is 39.8 Å². The summed E-state index contributed by atoms with van der Waals surface area (Å²) in [6.07, 6.45) is -0.850. The van der Waals surface area contributed by atoms with Gasteiger partial charge in [-0.1, -0.05) is 46.3 Å². The smallest absolute Gasteiger partial charge is 0.310 e. The van der Waals surface area contributed by atoms with Crippen LogP contribution in [0.2, 0.25) is 0 Å². The Hall–Kier alpha value is -1.99. The number of amides is 2. The van der Waals surface area contributed by atoms with E-state index in [0.29, 0.717) is 6.07 Å². The molecule has 3 atom stereocenters. The fourth-order valence-electron chi connectivity index (χ4n) is 3.12. The van der Waals surface area contributed by atoms with Crippen molar-refractivity contribution in [3.05, 3.63) is 29.6 Å². The van der Waals surface area contributed by atoms with E-state index in [2.05, 4.69) is 16.0 Å². The molecule has 31 heavy (non-hydrogen) atoms. The molecule has 1 fully saturated rings. The van der Waals surface area contributed by atoms with Gasteiger partial charge in [0.15, 0.2) is 0 Å². The van der Waals surface area contributed by atoms with Crippen LogP contribution in [0.25, 0.3) is 0 Å². The first kappa shape index (κ1) is 25.3. The highest BCUT2D eigenvalue weighted by Crippen LogP contribution is 3.02. The molecule has 3 unspecified atom stereocenters. The zero-order valence-corrected chi connectivity index (χ0v) is 18.4. The summed E-state index contributed by atoms with van der Waals surface area (Å²) < 4.78 is 79.6. The summed E-state index contributed by atoms with van der Waals surface area (Å²) in [7, 11) is -6.74. The summed E-state index contributed by atoms with van der Waals surface area (Å²) in [6.45, 7) is 4.79. The molecule has 2 amide bonds. The van der Waals surface area contributed by atoms with E-state index in [1.807, 2.05) is 0 Å². The van der Waals surface area contributed by atoms with Crippen LogP contribution in [0.15, 0.2) is 23.1 Å². The second-order valence-corrected chi connectivity index (χ2v) is 11.2. The molecule has 0 bridgehead atoms. The third-order valence-electron chi connectivity index (χ3n) is 4.76. The summed E-state index contributed by atoms with van der Waals surface area (Å²) >= 11 is 0. The van der Waals surface area contributed by atoms with Gasteiger partial charge < -0.3 is 10.6 Å². The molecular weight excluding hydrogens is 450 g/mol. The van der Waals surface area contributed by atoms with Crippen LogP contribution < -0.4 is 16.0 Å². The predicted molar refractivity (Wildman–Crippen MR) is 105 cm³/mol. The Morgan fingerprint density at radius 1 is 1.19 bits per heavy atom. The number of nitrogens with zero attached hydrogens (tertiary/aromatic N) is 1. The lowest BCUT2D eigenvalue weighted by Crippen LogP contribution is -2.65. The van der Waals surface area contributed by atoms with Crippen LogP contribution in [-0.4, -0.2) is 43.1 Å². The maximum Gasteiger partial charge on any atom is 0.310 e. The fourth-order valence-corrected chi connectivity index (χ4v) is 3.77. The highest BCUT2D eigenvalue weighted by molar-refractivity contribution is 8.45. The number of halogens is 6. The predicted octanol–water partition coefficient (Wildman–Crippen LogP) is 4.01. The highest BCUT2D eigenvalue weighted by Gasteiger charge is 2.65. The first-order valence-corrected chi connectivity index (χ1v) is 11.2. The zero-order valence-electron chi connectivity index (χ0n) is 17.6. The highest BCUT2D eigenvalue weighted by atomic mass is 32.5. The molecule has 178 valence electrons. The van der Waals surface area contributed by atoms with E-state index < -0.39 is 56.5 Å². The minimum Gasteiger partial charge on any atom is -0.347 e. The number of carbonyl (C=O) groups excluding carboxylic acids is 2. The van der Waals surface area contributed by atoms with Crippen molar-refractivity contribution >= 4 is 22.0 Å². The van der Waals surface area contributed by atoms with E-state index in [-0.39, 0.29) is 24.1 Å². The molecule has 6 nitrogen and oxygen atoms in total. The van der Waals surface area contributed by atoms with Crippen LogP contribution in [0, 0.1) is 11.2 Å². The number of nitrogens with one attached hydrogen (secondary N) is 3. The van der Waals surface area contributed by atoms with Crippen molar-refractivity contribution in [3.63, 3.8) is 0 Å². The van der Waals surface area contributed by atoms with Gasteiger partial charge in [0.2, 0.25) is 11.8 Å². The van der Waals surface area contributed by atoms with Crippen molar-refractivity contribution in [3.8, 4) is 0 Å². The van der Waals surface area contributed by atoms with Crippen molar-refractivity contribution < 1.29 is 33.4 Å². The van der Waals surface area contributed by atoms with Gasteiger partial charge in [0.05, 0.1) is 18.5 Å². The van der Waals surface area contributed by atoms with Gasteiger partial charge in [-0.05, 0) is 31.6 Å². The molecule has 1 aromatic carbocycles. The van der Waals surface area contributed by atoms with Crippen molar-refractivity contribution in [2.75, 3.05) is 14.1 Å². The Morgan fingerprint density at radius 2 is 1.77 bits per heavy atom. The van der Waals surface area contributed by atoms with Gasteiger partial charge in [0.1, 0.15) is 17.0 Å². The Kier molecular flexibility index (Phi) is 5.93. The van der Waals surface area contributed by atoms with Crippen molar-refractivity contribution in [2.45, 2.75) is 50.5 Å². The van der Waals surface area contributed by atoms with Crippen LogP contribution in [-0.2, 0) is 9.59 Å². The summed E-state index contributed by atoms with van der Waals surface area (Å²) in [5.74, 6) is -2.61. The van der Waals surface area contributed by atoms with Crippen molar-refractivity contribution in [2.24, 2.45) is 5.41 Å². The summed E-state index contributed by atoms with van der Waals surface area (Å²) in [5.41, 5.74) is -1.28. The normalized spacial score (nSPS) is 23.5. The van der Waals surface area contributed by atoms with Gasteiger partial charge in [0, 0.05) is 5.56 Å². The number of carbonyl (C=O) groups is 2. The van der Waals surface area contributed by atoms with Crippen LogP contribution in [0.3, 0.4) is 0 Å². The van der Waals surface area contributed by atoms with Crippen molar-refractivity contribution in [1.82, 2.24) is 20.9 Å². The lowest BCUT2D eigenvalue weighted by Gasteiger charge is -2.41. The van der Waals surface area contributed by atoms with Gasteiger partial charge in [-0.25, -0.2) is 4.39 Å². The molecule has 1 aliphatic heterocycles. The standard InChI is InChI=1S/C18H26F6N4O2S/c1-18(2,3)15(11-7-6-10(8-12(11)19)31(20,21,22,23)24)27-16(30)13-9-14(29)26-17(25-13)28(4)5/h6-8,13,15,17,25H,9H2,1-5H3,(H,26,29)(H,27,30). The van der Waals surface area contributed by atoms with E-state index in [4.69, 9.17) is 0 Å². The SMILES string of the molecule is CN(C)C1NC(=O)CC(C(=O)NC(c2ccc(S(F)(F)(F)(F)F)cc2F)C(C)(C)C)N1. The minimum atomic E-state index is -10.1. The molecule has 1 aromatic rings. The van der Waals surface area contributed by atoms with Gasteiger partial charge in [-0.2, -0.15) is 0 Å². The maximum atomic E-state index is 14.6. The van der Waals surface area contributed by atoms with Crippen molar-refractivity contribution in [1.29, 1.82) is 0 Å². The van der Waals surface area contributed by atoms with Gasteiger partial charge >= 0.3 is 10.2 Å². The van der Waals surface area contributed by atoms with Gasteiger partial charge in [-0.3, -0.25) is 19.8 Å². The third-order valence-corrected chi connectivity index (χ3v) is 5.90. The quantitative estimate of drug-likeness (QED) is 0.562. The minimum absolute atomic E-state index is 0.110. The monoisotopic (exact) mass is 476 g/mol. The van der Waals surface area contributed by atoms with Crippen LogP contribution in [0.4, 0.5) is 23.8 Å². The summed E-state index contributed by atoms with van der Waals surface area (Å²) in [5, 5.41) is 8.05. The Bertz CT molecular complexity index is 886. The van der Waals surface area contributed by atoms with E-state index >= 15 is 0 Å². The Morgan fingerprint density at radius 3 is 2.23 bits per heavy atom. The van der Waals surface area contributed by atoms with Crippen LogP contribution >= 0.6 is 10.2 Å². The fraction of sp³-hybridized carbons (Fsp3) is 0.556. The Labute approximate surface area is 176 Å². The average molecular weight is 476 g/mol. The molecule has 3 N–H and O–H groups in total. The molecule has 0 aliphatic carbocycles. The number of hydrogen-bond donors (Lipinski definition) is 3. The molecule has 2 rings (SSSR count). The average Bonchev–Trinajstić information content (AvgIpc) is 2.56. The first-order chi connectivity index (χ1) is 13.7. The molecule has 1 saturated heterocycles. The Balaban J connectivity index is 2.36. The molecule has 0 aromatic heterocycles. The molecule has 0 spiro atoms. The lowest BCUT2D eigenvalue weighted by atomic mass is 9.82. The molecule has 1 aliphatic rings.